The summed E-state index contributed by atoms with van der Waals surface area (Å²) in [5, 5.41) is 0. The Labute approximate surface area is 171 Å². The molecule has 0 spiro atoms. The fourth-order valence-electron chi connectivity index (χ4n) is 3.39. The number of carbonyl (C=O) groups excluding carboxylic acids is 4. The molecule has 0 atom stereocenters. The van der Waals surface area contributed by atoms with Crippen LogP contribution in [-0.2, 0) is 0 Å². The number of nitrogens with zero attached hydrogens (tertiary/aromatic N) is 2. The Balaban J connectivity index is 1.44. The molecule has 0 fully saturated rings. The predicted octanol–water partition coefficient (Wildman–Crippen LogP) is 0.269. The second kappa shape index (κ2) is 7.10. The normalized spacial score (nSPS) is 15.1. The Morgan fingerprint density at radius 2 is 1.21 bits per heavy atom. The van der Waals surface area contributed by atoms with E-state index in [0.29, 0.717) is 16.6 Å². The number of carbonyl (C=O) groups is 4. The molecule has 0 N–H and O–H groups in total. The Morgan fingerprint density at radius 3 is 1.76 bits per heavy atom. The number of hydrogen-bond donors (Lipinski definition) is 0. The van der Waals surface area contributed by atoms with Gasteiger partial charge in [0.05, 0.1) is 29.3 Å². The molecule has 0 unspecified atom stereocenters. The summed E-state index contributed by atoms with van der Waals surface area (Å²) in [6.07, 6.45) is 0. The lowest BCUT2D eigenvalue weighted by Crippen LogP contribution is -2.44. The van der Waals surface area contributed by atoms with Crippen LogP contribution in [-0.4, -0.2) is 62.8 Å². The van der Waals surface area contributed by atoms with Crippen molar-refractivity contribution in [2.24, 2.45) is 0 Å². The van der Waals surface area contributed by atoms with Crippen molar-refractivity contribution in [1.29, 1.82) is 0 Å². The van der Waals surface area contributed by atoms with Gasteiger partial charge in [0.25, 0.3) is 0 Å². The highest BCUT2D eigenvalue weighted by molar-refractivity contribution is 7.29. The van der Waals surface area contributed by atoms with Crippen molar-refractivity contribution >= 4 is 58.6 Å². The highest BCUT2D eigenvalue weighted by atomic mass is 16.2. The Bertz CT molecular complexity index is 1090. The van der Waals surface area contributed by atoms with Gasteiger partial charge in [0.15, 0.2) is 0 Å². The van der Waals surface area contributed by atoms with E-state index in [0.717, 1.165) is 15.2 Å². The van der Waals surface area contributed by atoms with Crippen molar-refractivity contribution in [3.8, 4) is 0 Å². The van der Waals surface area contributed by atoms with E-state index in [1.165, 1.54) is 33.8 Å². The fraction of sp³-hybridized carbons (Fsp3) is 0.158. The van der Waals surface area contributed by atoms with E-state index in [4.69, 9.17) is 7.85 Å². The molecule has 29 heavy (non-hydrogen) atoms. The Kier molecular flexibility index (Phi) is 4.73. The first-order valence-electron chi connectivity index (χ1n) is 9.10. The minimum Gasteiger partial charge on any atom is -0.336 e. The Morgan fingerprint density at radius 1 is 0.724 bits per heavy atom. The molecule has 0 aromatic heterocycles. The van der Waals surface area contributed by atoms with E-state index in [1.54, 1.807) is 18.2 Å². The van der Waals surface area contributed by atoms with Crippen LogP contribution in [0.1, 0.15) is 66.8 Å². The van der Waals surface area contributed by atoms with Crippen LogP contribution in [0.15, 0.2) is 36.4 Å². The van der Waals surface area contributed by atoms with E-state index in [-0.39, 0.29) is 17.0 Å². The van der Waals surface area contributed by atoms with Gasteiger partial charge < -0.3 is 9.62 Å². The van der Waals surface area contributed by atoms with Crippen molar-refractivity contribution in [2.75, 3.05) is 0 Å². The second-order valence-corrected chi connectivity index (χ2v) is 7.22. The lowest BCUT2D eigenvalue weighted by molar-refractivity contribution is 0.0750. The number of imide groups is 2. The standard InChI is InChI=1S/C19H13B4N2O4/c1-9(2)10-3-5-12-14(7-10)18(28)24(16(12)26)22-21-23-25-17(27)13-6-4-11(20)8-15(13)19(25)29/h3-9H,1-2H3. The molecule has 0 saturated carbocycles. The van der Waals surface area contributed by atoms with Gasteiger partial charge in [-0.15, -0.1) is 0 Å². The third-order valence-corrected chi connectivity index (χ3v) is 5.02. The van der Waals surface area contributed by atoms with Crippen LogP contribution in [0.4, 0.5) is 0 Å². The molecule has 2 heterocycles. The van der Waals surface area contributed by atoms with Crippen molar-refractivity contribution in [2.45, 2.75) is 19.8 Å². The van der Waals surface area contributed by atoms with Gasteiger partial charge in [-0.2, -0.15) is 0 Å². The van der Waals surface area contributed by atoms with Crippen LogP contribution < -0.4 is 5.46 Å². The smallest absolute Gasteiger partial charge is 0.248 e. The topological polar surface area (TPSA) is 74.8 Å². The van der Waals surface area contributed by atoms with Crippen molar-refractivity contribution < 1.29 is 19.2 Å². The molecule has 2 aliphatic heterocycles. The average molecular weight is 377 g/mol. The summed E-state index contributed by atoms with van der Waals surface area (Å²) in [7, 11) is 9.51. The zero-order valence-corrected chi connectivity index (χ0v) is 15.9. The maximum absolute atomic E-state index is 12.6. The minimum absolute atomic E-state index is 0.224. The molecule has 10 heteroatoms. The quantitative estimate of drug-likeness (QED) is 0.554. The molecule has 0 saturated heterocycles. The maximum atomic E-state index is 12.6. The summed E-state index contributed by atoms with van der Waals surface area (Å²) in [6, 6.07) is 9.71. The highest BCUT2D eigenvalue weighted by Crippen LogP contribution is 2.26. The average Bonchev–Trinajstić information content (AvgIpc) is 3.07. The van der Waals surface area contributed by atoms with Crippen LogP contribution in [0.3, 0.4) is 0 Å². The van der Waals surface area contributed by atoms with Crippen molar-refractivity contribution in [3.63, 3.8) is 0 Å². The summed E-state index contributed by atoms with van der Waals surface area (Å²) >= 11 is 0. The molecule has 2 aromatic carbocycles. The van der Waals surface area contributed by atoms with Crippen LogP contribution in [0.5, 0.6) is 0 Å². The van der Waals surface area contributed by atoms with Crippen LogP contribution in [0.25, 0.3) is 0 Å². The molecular weight excluding hydrogens is 363 g/mol. The van der Waals surface area contributed by atoms with Gasteiger partial charge >= 0.3 is 0 Å². The number of amides is 4. The third kappa shape index (κ3) is 3.12. The van der Waals surface area contributed by atoms with E-state index in [2.05, 4.69) is 0 Å². The van der Waals surface area contributed by atoms with Crippen LogP contribution in [0, 0.1) is 0 Å². The number of benzene rings is 2. The highest BCUT2D eigenvalue weighted by Gasteiger charge is 2.38. The molecule has 5 radical (unpaired) electrons. The number of hydrogen-bond acceptors (Lipinski definition) is 4. The fourth-order valence-corrected chi connectivity index (χ4v) is 3.39. The summed E-state index contributed by atoms with van der Waals surface area (Å²) < 4.78 is 0. The summed E-state index contributed by atoms with van der Waals surface area (Å²) in [5.41, 5.74) is 2.52. The maximum Gasteiger partial charge on any atom is 0.248 e. The first-order valence-corrected chi connectivity index (χ1v) is 9.10. The van der Waals surface area contributed by atoms with Gasteiger partial charge in [0, 0.05) is 0 Å². The van der Waals surface area contributed by atoms with E-state index in [1.807, 2.05) is 19.9 Å². The lowest BCUT2D eigenvalue weighted by Gasteiger charge is -2.15. The molecule has 135 valence electrons. The molecule has 0 bridgehead atoms. The second-order valence-electron chi connectivity index (χ2n) is 7.22. The van der Waals surface area contributed by atoms with Gasteiger partial charge in [0.2, 0.25) is 38.2 Å². The molecule has 0 aliphatic carbocycles. The molecule has 2 aliphatic rings. The number of rotatable bonds is 5. The first kappa shape index (κ1) is 19.3. The largest absolute Gasteiger partial charge is 0.336 e. The third-order valence-electron chi connectivity index (χ3n) is 5.02. The molecule has 4 rings (SSSR count). The van der Waals surface area contributed by atoms with Gasteiger partial charge in [0.1, 0.15) is 7.85 Å². The van der Waals surface area contributed by atoms with Crippen LogP contribution in [0.2, 0.25) is 0 Å². The zero-order chi connectivity index (χ0) is 20.9. The minimum atomic E-state index is -0.508. The van der Waals surface area contributed by atoms with E-state index in [9.17, 15) is 19.2 Å². The molecule has 2 aromatic rings. The molecule has 6 nitrogen and oxygen atoms in total. The lowest BCUT2D eigenvalue weighted by atomic mass is 9.26. The predicted molar refractivity (Wildman–Crippen MR) is 111 cm³/mol. The van der Waals surface area contributed by atoms with Gasteiger partial charge in [-0.05, 0) is 29.7 Å². The monoisotopic (exact) mass is 377 g/mol. The summed E-state index contributed by atoms with van der Waals surface area (Å²) in [4.78, 5) is 51.9. The van der Waals surface area contributed by atoms with E-state index >= 15 is 0 Å². The van der Waals surface area contributed by atoms with Crippen molar-refractivity contribution in [3.05, 3.63) is 64.2 Å². The number of fused-ring (bicyclic) bond motifs is 2. The molecular formula is C19H13B4N2O4. The van der Waals surface area contributed by atoms with Gasteiger partial charge in [-0.1, -0.05) is 37.5 Å². The molecule has 4 amide bonds. The van der Waals surface area contributed by atoms with Crippen molar-refractivity contribution in [1.82, 2.24) is 9.62 Å². The van der Waals surface area contributed by atoms with Gasteiger partial charge in [-0.25, -0.2) is 0 Å². The van der Waals surface area contributed by atoms with Crippen LogP contribution >= 0.6 is 0 Å². The SMILES string of the molecule is [B]c1ccc2c(c1)C(=O)N([B][B][B]N1C(=O)c3ccc(C(C)C)cc3C1=O)C2=O. The summed E-state index contributed by atoms with van der Waals surface area (Å²) in [5.74, 6) is -1.65. The van der Waals surface area contributed by atoms with E-state index < -0.39 is 23.6 Å². The summed E-state index contributed by atoms with van der Waals surface area (Å²) in [6.45, 7) is 4.01. The first-order chi connectivity index (χ1) is 13.8. The van der Waals surface area contributed by atoms with Gasteiger partial charge in [-0.3, -0.25) is 19.2 Å². The zero-order valence-electron chi connectivity index (χ0n) is 15.9. The Hall–Kier alpha value is -3.02.